The van der Waals surface area contributed by atoms with Crippen LogP contribution in [0.5, 0.6) is 5.75 Å². The average Bonchev–Trinajstić information content (AvgIpc) is 3.24. The van der Waals surface area contributed by atoms with Gasteiger partial charge in [0.1, 0.15) is 17.5 Å². The van der Waals surface area contributed by atoms with Crippen LogP contribution in [0, 0.1) is 29.6 Å². The molecule has 1 amide bonds. The number of nitriles is 1. The molecule has 1 aliphatic heterocycles. The van der Waals surface area contributed by atoms with E-state index in [1.165, 1.54) is 12.7 Å². The fraction of sp³-hybridized carbons (Fsp3) is 0.515. The zero-order valence-corrected chi connectivity index (χ0v) is 25.4. The number of carbonyl (C=O) groups is 2. The van der Waals surface area contributed by atoms with Crippen LogP contribution in [0.25, 0.3) is 11.0 Å². The fourth-order valence-electron chi connectivity index (χ4n) is 5.99. The highest BCUT2D eigenvalue weighted by molar-refractivity contribution is 5.99. The van der Waals surface area contributed by atoms with Gasteiger partial charge in [-0.1, -0.05) is 27.7 Å². The number of aryl methyl sites for hydroxylation is 2. The Balaban J connectivity index is 1.64. The molecule has 0 aliphatic carbocycles. The molecule has 7 heteroatoms. The number of ether oxygens (including phenoxy) is 1. The second-order valence-corrected chi connectivity index (χ2v) is 13.0. The van der Waals surface area contributed by atoms with Crippen LogP contribution < -0.4 is 4.74 Å². The first-order chi connectivity index (χ1) is 18.7. The van der Waals surface area contributed by atoms with Gasteiger partial charge < -0.3 is 14.2 Å². The Bertz CT molecular complexity index is 1500. The van der Waals surface area contributed by atoms with Crippen LogP contribution in [0.3, 0.4) is 0 Å². The summed E-state index contributed by atoms with van der Waals surface area (Å²) in [7, 11) is 3.52. The summed E-state index contributed by atoms with van der Waals surface area (Å²) in [5.41, 5.74) is 4.53. The van der Waals surface area contributed by atoms with E-state index in [1.54, 1.807) is 24.4 Å². The molecule has 0 N–H and O–H groups in total. The summed E-state index contributed by atoms with van der Waals surface area (Å²) in [6.07, 6.45) is 5.92. The number of aromatic nitrogens is 2. The minimum absolute atomic E-state index is 0.0534. The summed E-state index contributed by atoms with van der Waals surface area (Å²) < 4.78 is 7.29. The van der Waals surface area contributed by atoms with Crippen molar-refractivity contribution >= 4 is 22.7 Å². The minimum atomic E-state index is -0.274. The van der Waals surface area contributed by atoms with E-state index in [1.807, 2.05) is 14.0 Å². The quantitative estimate of drug-likeness (QED) is 0.339. The van der Waals surface area contributed by atoms with Crippen molar-refractivity contribution in [2.24, 2.45) is 18.4 Å². The Labute approximate surface area is 238 Å². The summed E-state index contributed by atoms with van der Waals surface area (Å²) in [6, 6.07) is 7.06. The molecule has 40 heavy (non-hydrogen) atoms. The maximum Gasteiger partial charge on any atom is 0.226 e. The second kappa shape index (κ2) is 10.7. The molecular weight excluding hydrogens is 500 g/mol. The predicted octanol–water partition coefficient (Wildman–Crippen LogP) is 6.35. The van der Waals surface area contributed by atoms with E-state index in [-0.39, 0.29) is 40.9 Å². The molecule has 212 valence electrons. The zero-order valence-electron chi connectivity index (χ0n) is 25.4. The molecule has 1 aliphatic rings. The number of pyridine rings is 1. The molecule has 3 heterocycles. The lowest BCUT2D eigenvalue weighted by Crippen LogP contribution is -2.55. The van der Waals surface area contributed by atoms with Crippen molar-refractivity contribution in [2.75, 3.05) is 13.7 Å². The highest BCUT2D eigenvalue weighted by atomic mass is 16.5. The molecule has 4 rings (SSSR count). The molecule has 0 unspecified atom stereocenters. The monoisotopic (exact) mass is 542 g/mol. The van der Waals surface area contributed by atoms with Gasteiger partial charge in [-0.15, -0.1) is 0 Å². The van der Waals surface area contributed by atoms with Crippen LogP contribution in [0.4, 0.5) is 0 Å². The number of benzene rings is 1. The SMILES string of the molecule is COc1ccc(C(=O)Cc2cnc3c(c([C@@H]4CCN(C(=O)[C@H](C)C(C)(C)C)C(C)(C)C4)cn3C)c2C)cc1C#N. The molecule has 2 aromatic heterocycles. The Morgan fingerprint density at radius 2 is 1.98 bits per heavy atom. The van der Waals surface area contributed by atoms with Crippen LogP contribution in [-0.4, -0.2) is 45.3 Å². The fourth-order valence-corrected chi connectivity index (χ4v) is 5.99. The van der Waals surface area contributed by atoms with Gasteiger partial charge >= 0.3 is 0 Å². The van der Waals surface area contributed by atoms with Gasteiger partial charge in [-0.25, -0.2) is 4.98 Å². The highest BCUT2D eigenvalue weighted by Crippen LogP contribution is 2.43. The Morgan fingerprint density at radius 3 is 2.58 bits per heavy atom. The van der Waals surface area contributed by atoms with E-state index in [9.17, 15) is 14.9 Å². The number of Topliss-reactive ketones (excluding diaryl/α,β-unsaturated/α-hetero) is 1. The van der Waals surface area contributed by atoms with Crippen LogP contribution >= 0.6 is 0 Å². The normalized spacial score (nSPS) is 17.9. The summed E-state index contributed by atoms with van der Waals surface area (Å²) in [6.45, 7) is 15.6. The molecular formula is C33H42N4O3. The van der Waals surface area contributed by atoms with Crippen molar-refractivity contribution in [3.8, 4) is 11.8 Å². The number of likely N-dealkylation sites (tertiary alicyclic amines) is 1. The minimum Gasteiger partial charge on any atom is -0.495 e. The lowest BCUT2D eigenvalue weighted by atomic mass is 9.76. The van der Waals surface area contributed by atoms with Crippen molar-refractivity contribution in [3.05, 3.63) is 58.4 Å². The third-order valence-electron chi connectivity index (χ3n) is 8.92. The molecule has 1 aromatic carbocycles. The maximum absolute atomic E-state index is 13.5. The first-order valence-corrected chi connectivity index (χ1v) is 14.1. The van der Waals surface area contributed by atoms with E-state index >= 15 is 0 Å². The van der Waals surface area contributed by atoms with Gasteiger partial charge in [0.15, 0.2) is 5.78 Å². The van der Waals surface area contributed by atoms with Crippen molar-refractivity contribution in [1.29, 1.82) is 5.26 Å². The van der Waals surface area contributed by atoms with E-state index < -0.39 is 0 Å². The standard InChI is InChI=1S/C33H42N4O3/c1-20-25(15-27(38)22-10-11-28(40-9)24(14-22)17-34)18-35-30-29(20)26(19-36(30)8)23-12-13-37(33(6,7)16-23)31(39)21(2)32(3,4)5/h10-11,14,18-19,21,23H,12-13,15-16H2,1-9H3/t21-,23+/m0/s1. The summed E-state index contributed by atoms with van der Waals surface area (Å²) in [4.78, 5) is 33.6. The molecule has 0 spiro atoms. The zero-order chi connectivity index (χ0) is 29.6. The number of nitrogens with zero attached hydrogens (tertiary/aromatic N) is 4. The number of methoxy groups -OCH3 is 1. The molecule has 1 fully saturated rings. The average molecular weight is 543 g/mol. The van der Waals surface area contributed by atoms with Gasteiger partial charge in [-0.3, -0.25) is 9.59 Å². The number of hydrogen-bond acceptors (Lipinski definition) is 5. The van der Waals surface area contributed by atoms with Crippen molar-refractivity contribution in [3.63, 3.8) is 0 Å². The number of amides is 1. The van der Waals surface area contributed by atoms with Crippen LogP contribution in [0.1, 0.15) is 92.9 Å². The van der Waals surface area contributed by atoms with Crippen molar-refractivity contribution in [1.82, 2.24) is 14.5 Å². The molecule has 0 bridgehead atoms. The largest absolute Gasteiger partial charge is 0.495 e. The van der Waals surface area contributed by atoms with E-state index in [2.05, 4.69) is 63.3 Å². The van der Waals surface area contributed by atoms with Crippen LogP contribution in [-0.2, 0) is 18.3 Å². The smallest absolute Gasteiger partial charge is 0.226 e. The lowest BCUT2D eigenvalue weighted by Gasteiger charge is -2.48. The highest BCUT2D eigenvalue weighted by Gasteiger charge is 2.42. The van der Waals surface area contributed by atoms with E-state index in [4.69, 9.17) is 9.72 Å². The van der Waals surface area contributed by atoms with Gasteiger partial charge in [-0.2, -0.15) is 5.26 Å². The second-order valence-electron chi connectivity index (χ2n) is 13.0. The van der Waals surface area contributed by atoms with Crippen LogP contribution in [0.2, 0.25) is 0 Å². The summed E-state index contributed by atoms with van der Waals surface area (Å²) >= 11 is 0. The maximum atomic E-state index is 13.5. The van der Waals surface area contributed by atoms with Crippen molar-refractivity contribution < 1.29 is 14.3 Å². The molecule has 7 nitrogen and oxygen atoms in total. The first kappa shape index (κ1) is 29.3. The summed E-state index contributed by atoms with van der Waals surface area (Å²) in [5, 5.41) is 10.5. The number of hydrogen-bond donors (Lipinski definition) is 0. The van der Waals surface area contributed by atoms with Crippen molar-refractivity contribution in [2.45, 2.75) is 79.2 Å². The first-order valence-electron chi connectivity index (χ1n) is 14.1. The number of fused-ring (bicyclic) bond motifs is 1. The summed E-state index contributed by atoms with van der Waals surface area (Å²) in [5.74, 6) is 0.837. The topological polar surface area (TPSA) is 88.2 Å². The Morgan fingerprint density at radius 1 is 1.27 bits per heavy atom. The number of ketones is 1. The Kier molecular flexibility index (Phi) is 7.86. The molecule has 3 aromatic rings. The predicted molar refractivity (Wildman–Crippen MR) is 158 cm³/mol. The lowest BCUT2D eigenvalue weighted by molar-refractivity contribution is -0.146. The molecule has 1 saturated heterocycles. The van der Waals surface area contributed by atoms with Crippen LogP contribution in [0.15, 0.2) is 30.6 Å². The molecule has 0 saturated carbocycles. The van der Waals surface area contributed by atoms with Gasteiger partial charge in [0, 0.05) is 54.8 Å². The molecule has 0 radical (unpaired) electrons. The van der Waals surface area contributed by atoms with Gasteiger partial charge in [0.2, 0.25) is 5.91 Å². The number of piperidine rings is 1. The molecule has 2 atom stereocenters. The third-order valence-corrected chi connectivity index (χ3v) is 8.92. The number of rotatable bonds is 6. The third kappa shape index (κ3) is 5.37. The van der Waals surface area contributed by atoms with Gasteiger partial charge in [-0.05, 0) is 79.8 Å². The van der Waals surface area contributed by atoms with E-state index in [0.717, 1.165) is 41.5 Å². The van der Waals surface area contributed by atoms with Gasteiger partial charge in [0.25, 0.3) is 0 Å². The van der Waals surface area contributed by atoms with Gasteiger partial charge in [0.05, 0.1) is 12.7 Å². The number of carbonyl (C=O) groups excluding carboxylic acids is 2. The van der Waals surface area contributed by atoms with E-state index in [0.29, 0.717) is 16.9 Å². The Hall–Kier alpha value is -3.66.